The molecule has 3 saturated heterocycles. The largest absolute Gasteiger partial charge is 0.481 e. The van der Waals surface area contributed by atoms with Crippen LogP contribution >= 0.6 is 0 Å². The van der Waals surface area contributed by atoms with Crippen molar-refractivity contribution in [2.45, 2.75) is 50.1 Å². The Labute approximate surface area is 201 Å². The van der Waals surface area contributed by atoms with Gasteiger partial charge in [0.1, 0.15) is 29.7 Å². The van der Waals surface area contributed by atoms with Crippen LogP contribution in [0.25, 0.3) is 11.0 Å². The van der Waals surface area contributed by atoms with Gasteiger partial charge in [0.2, 0.25) is 11.8 Å². The quantitative estimate of drug-likeness (QED) is 0.496. The van der Waals surface area contributed by atoms with Gasteiger partial charge in [-0.25, -0.2) is 4.68 Å². The number of carbonyl (C=O) groups excluding carboxylic acids is 2. The maximum atomic E-state index is 14.1. The number of β-amino-alcohol motifs (C(OH)–C–C–N with tert-alkyl or cyclic N) is 1. The lowest BCUT2D eigenvalue weighted by Crippen LogP contribution is -2.56. The molecular weight excluding hydrogens is 454 g/mol. The molecule has 4 heterocycles. The van der Waals surface area contributed by atoms with Crippen LogP contribution in [-0.4, -0.2) is 89.7 Å². The van der Waals surface area contributed by atoms with Crippen LogP contribution in [0.4, 0.5) is 0 Å². The highest BCUT2D eigenvalue weighted by molar-refractivity contribution is 5.98. The van der Waals surface area contributed by atoms with Crippen molar-refractivity contribution in [2.24, 2.45) is 11.8 Å². The van der Waals surface area contributed by atoms with Crippen LogP contribution in [0.5, 0.6) is 0 Å². The van der Waals surface area contributed by atoms with Crippen molar-refractivity contribution in [2.75, 3.05) is 19.7 Å². The van der Waals surface area contributed by atoms with Crippen molar-refractivity contribution in [3.8, 4) is 0 Å². The van der Waals surface area contributed by atoms with Crippen LogP contribution in [0.15, 0.2) is 36.9 Å². The highest BCUT2D eigenvalue weighted by Gasteiger charge is 2.79. The standard InChI is InChI=1S/C24H29N5O6/c1-3-11-27(14-29-16-8-6-5-7-15(16)25-26-29)21(32)19-24-10-9-23(4-2,35-24)18(22(33)34)17(24)20(31)28(19)12-13-30/h3,5-8,17-19,30H,1,4,9-14H2,2H3,(H,33,34)/t17-,18-,19?,23+,24?/m0/s1. The second-order valence-electron chi connectivity index (χ2n) is 9.50. The molecule has 5 atom stereocenters. The van der Waals surface area contributed by atoms with Gasteiger partial charge in [-0.05, 0) is 31.4 Å². The smallest absolute Gasteiger partial charge is 0.310 e. The molecule has 2 unspecified atom stereocenters. The minimum atomic E-state index is -1.26. The van der Waals surface area contributed by atoms with Crippen molar-refractivity contribution in [3.05, 3.63) is 36.9 Å². The Kier molecular flexibility index (Phi) is 5.64. The normalized spacial score (nSPS) is 31.2. The number of aliphatic carboxylic acids is 1. The number of ether oxygens (including phenoxy) is 1. The van der Waals surface area contributed by atoms with Gasteiger partial charge in [0.15, 0.2) is 0 Å². The molecule has 0 aliphatic carbocycles. The molecule has 186 valence electrons. The molecule has 3 fully saturated rings. The number of nitrogens with zero attached hydrogens (tertiary/aromatic N) is 5. The fourth-order valence-corrected chi connectivity index (χ4v) is 6.45. The van der Waals surface area contributed by atoms with Crippen molar-refractivity contribution in [1.29, 1.82) is 0 Å². The number of aliphatic hydroxyl groups is 1. The van der Waals surface area contributed by atoms with Crippen LogP contribution in [0.2, 0.25) is 0 Å². The first-order valence-corrected chi connectivity index (χ1v) is 11.9. The third kappa shape index (κ3) is 3.21. The summed E-state index contributed by atoms with van der Waals surface area (Å²) in [5.74, 6) is -3.97. The first-order valence-electron chi connectivity index (χ1n) is 11.9. The average molecular weight is 484 g/mol. The summed E-state index contributed by atoms with van der Waals surface area (Å²) in [5.41, 5.74) is -0.815. The number of likely N-dealkylation sites (tertiary alicyclic amines) is 1. The number of fused-ring (bicyclic) bond motifs is 2. The molecule has 3 aliphatic rings. The van der Waals surface area contributed by atoms with E-state index in [0.29, 0.717) is 24.8 Å². The van der Waals surface area contributed by atoms with Gasteiger partial charge in [-0.15, -0.1) is 11.7 Å². The minimum absolute atomic E-state index is 0.0606. The Morgan fingerprint density at radius 3 is 2.80 bits per heavy atom. The molecule has 1 aromatic carbocycles. The van der Waals surface area contributed by atoms with E-state index in [1.165, 1.54) is 9.80 Å². The molecule has 1 aromatic heterocycles. The Morgan fingerprint density at radius 1 is 1.34 bits per heavy atom. The molecule has 2 aromatic rings. The summed E-state index contributed by atoms with van der Waals surface area (Å²) in [6, 6.07) is 6.31. The van der Waals surface area contributed by atoms with Crippen molar-refractivity contribution < 1.29 is 29.3 Å². The third-order valence-electron chi connectivity index (χ3n) is 7.91. The molecule has 35 heavy (non-hydrogen) atoms. The SMILES string of the molecule is C=CCN(Cn1nnc2ccccc21)C(=O)C1N(CCO)C(=O)[C@@H]2[C@@H](C(=O)O)[C@@]3(CC)CCC12O3. The first-order chi connectivity index (χ1) is 16.8. The van der Waals surface area contributed by atoms with Crippen LogP contribution in [-0.2, 0) is 25.8 Å². The predicted octanol–water partition coefficient (Wildman–Crippen LogP) is 0.635. The lowest BCUT2D eigenvalue weighted by Gasteiger charge is -2.36. The number of para-hydroxylation sites is 1. The van der Waals surface area contributed by atoms with E-state index in [1.54, 1.807) is 10.8 Å². The Hall–Kier alpha value is -3.31. The maximum absolute atomic E-state index is 14.1. The zero-order valence-corrected chi connectivity index (χ0v) is 19.5. The zero-order chi connectivity index (χ0) is 25.0. The van der Waals surface area contributed by atoms with E-state index in [4.69, 9.17) is 4.74 Å². The van der Waals surface area contributed by atoms with Gasteiger partial charge in [-0.1, -0.05) is 30.3 Å². The number of aliphatic hydroxyl groups excluding tert-OH is 1. The topological polar surface area (TPSA) is 138 Å². The van der Waals surface area contributed by atoms with E-state index < -0.39 is 46.9 Å². The van der Waals surface area contributed by atoms with Crippen LogP contribution in [0.3, 0.4) is 0 Å². The van der Waals surface area contributed by atoms with E-state index in [1.807, 2.05) is 31.2 Å². The molecule has 11 nitrogen and oxygen atoms in total. The van der Waals surface area contributed by atoms with Crippen molar-refractivity contribution in [1.82, 2.24) is 24.8 Å². The van der Waals surface area contributed by atoms with Gasteiger partial charge in [0, 0.05) is 13.1 Å². The van der Waals surface area contributed by atoms with Crippen LogP contribution in [0.1, 0.15) is 26.2 Å². The number of aromatic nitrogens is 3. The molecule has 2 N–H and O–H groups in total. The number of hydrogen-bond acceptors (Lipinski definition) is 7. The Balaban J connectivity index is 1.55. The highest BCUT2D eigenvalue weighted by atomic mass is 16.5. The van der Waals surface area contributed by atoms with E-state index in [-0.39, 0.29) is 26.4 Å². The van der Waals surface area contributed by atoms with Gasteiger partial charge in [-0.3, -0.25) is 14.4 Å². The Morgan fingerprint density at radius 2 is 2.11 bits per heavy atom. The van der Waals surface area contributed by atoms with Gasteiger partial charge < -0.3 is 24.7 Å². The fraction of sp³-hybridized carbons (Fsp3) is 0.542. The number of rotatable bonds is 9. The predicted molar refractivity (Wildman–Crippen MR) is 123 cm³/mol. The number of benzene rings is 1. The fourth-order valence-electron chi connectivity index (χ4n) is 6.45. The second-order valence-corrected chi connectivity index (χ2v) is 9.50. The van der Waals surface area contributed by atoms with E-state index in [9.17, 15) is 24.6 Å². The van der Waals surface area contributed by atoms with Gasteiger partial charge >= 0.3 is 5.97 Å². The molecule has 1 spiro atoms. The molecule has 2 bridgehead atoms. The minimum Gasteiger partial charge on any atom is -0.481 e. The van der Waals surface area contributed by atoms with Crippen molar-refractivity contribution in [3.63, 3.8) is 0 Å². The van der Waals surface area contributed by atoms with E-state index in [2.05, 4.69) is 16.9 Å². The number of carbonyl (C=O) groups is 3. The number of carboxylic acid groups (broad SMARTS) is 1. The summed E-state index contributed by atoms with van der Waals surface area (Å²) in [5, 5.41) is 28.1. The average Bonchev–Trinajstić information content (AvgIpc) is 3.57. The van der Waals surface area contributed by atoms with Gasteiger partial charge in [-0.2, -0.15) is 0 Å². The molecular formula is C24H29N5O6. The third-order valence-corrected chi connectivity index (χ3v) is 7.91. The number of carboxylic acids is 1. The molecule has 11 heteroatoms. The monoisotopic (exact) mass is 483 g/mol. The number of hydrogen-bond donors (Lipinski definition) is 2. The van der Waals surface area contributed by atoms with Crippen molar-refractivity contribution >= 4 is 28.8 Å². The van der Waals surface area contributed by atoms with Crippen LogP contribution < -0.4 is 0 Å². The lowest BCUT2D eigenvalue weighted by molar-refractivity contribution is -0.158. The summed E-state index contributed by atoms with van der Waals surface area (Å²) in [7, 11) is 0. The lowest BCUT2D eigenvalue weighted by atomic mass is 9.65. The summed E-state index contributed by atoms with van der Waals surface area (Å²) in [6.07, 6.45) is 2.86. The van der Waals surface area contributed by atoms with Crippen LogP contribution in [0, 0.1) is 11.8 Å². The van der Waals surface area contributed by atoms with E-state index in [0.717, 1.165) is 5.52 Å². The number of amides is 2. The summed E-state index contributed by atoms with van der Waals surface area (Å²) in [6.45, 7) is 5.41. The molecule has 0 radical (unpaired) electrons. The summed E-state index contributed by atoms with van der Waals surface area (Å²) < 4.78 is 8.07. The summed E-state index contributed by atoms with van der Waals surface area (Å²) >= 11 is 0. The maximum Gasteiger partial charge on any atom is 0.310 e. The van der Waals surface area contributed by atoms with Gasteiger partial charge in [0.05, 0.1) is 23.6 Å². The molecule has 3 aliphatic heterocycles. The highest BCUT2D eigenvalue weighted by Crippen LogP contribution is 2.64. The van der Waals surface area contributed by atoms with E-state index >= 15 is 0 Å². The van der Waals surface area contributed by atoms with Gasteiger partial charge in [0.25, 0.3) is 0 Å². The second kappa shape index (κ2) is 8.42. The molecule has 0 saturated carbocycles. The summed E-state index contributed by atoms with van der Waals surface area (Å²) in [4.78, 5) is 42.9. The zero-order valence-electron chi connectivity index (χ0n) is 19.5. The molecule has 5 rings (SSSR count). The molecule has 2 amide bonds. The first kappa shape index (κ1) is 23.4. The Bertz CT molecular complexity index is 1200.